The zero-order chi connectivity index (χ0) is 15.4. The van der Waals surface area contributed by atoms with Crippen molar-refractivity contribution in [3.05, 3.63) is 47.7 Å². The minimum atomic E-state index is -0.191. The monoisotopic (exact) mass is 301 g/mol. The molecule has 1 aromatic heterocycles. The summed E-state index contributed by atoms with van der Waals surface area (Å²) in [6.07, 6.45) is 0.896. The third-order valence-electron chi connectivity index (χ3n) is 3.60. The molecule has 1 aliphatic rings. The SMILES string of the molecule is O=C(c1cc2n(n1)CCCO2)N(CCO)Cc1ccccc1. The number of benzene rings is 1. The highest BCUT2D eigenvalue weighted by molar-refractivity contribution is 5.92. The number of carbonyl (C=O) groups excluding carboxylic acids is 1. The van der Waals surface area contributed by atoms with Crippen LogP contribution in [0.15, 0.2) is 36.4 Å². The van der Waals surface area contributed by atoms with Gasteiger partial charge in [-0.3, -0.25) is 4.79 Å². The first-order chi connectivity index (χ1) is 10.8. The van der Waals surface area contributed by atoms with Crippen LogP contribution in [0.2, 0.25) is 0 Å². The van der Waals surface area contributed by atoms with Gasteiger partial charge < -0.3 is 14.7 Å². The van der Waals surface area contributed by atoms with Crippen LogP contribution >= 0.6 is 0 Å². The van der Waals surface area contributed by atoms with E-state index in [4.69, 9.17) is 4.74 Å². The van der Waals surface area contributed by atoms with Crippen LogP contribution in [0.5, 0.6) is 5.88 Å². The predicted molar refractivity (Wildman–Crippen MR) is 80.6 cm³/mol. The van der Waals surface area contributed by atoms with Crippen LogP contribution in [-0.4, -0.2) is 45.5 Å². The van der Waals surface area contributed by atoms with Gasteiger partial charge in [0, 0.05) is 32.1 Å². The molecular weight excluding hydrogens is 282 g/mol. The molecular formula is C16H19N3O3. The van der Waals surface area contributed by atoms with Crippen molar-refractivity contribution >= 4 is 5.91 Å². The molecule has 0 fully saturated rings. The molecule has 0 saturated heterocycles. The van der Waals surface area contributed by atoms with E-state index in [1.165, 1.54) is 0 Å². The van der Waals surface area contributed by atoms with E-state index in [1.807, 2.05) is 30.3 Å². The van der Waals surface area contributed by atoms with Crippen LogP contribution in [0.1, 0.15) is 22.5 Å². The first-order valence-electron chi connectivity index (χ1n) is 7.42. The minimum Gasteiger partial charge on any atom is -0.478 e. The van der Waals surface area contributed by atoms with E-state index in [-0.39, 0.29) is 19.1 Å². The number of aliphatic hydroxyl groups excluding tert-OH is 1. The molecule has 0 unspecified atom stereocenters. The van der Waals surface area contributed by atoms with Gasteiger partial charge in [-0.2, -0.15) is 5.10 Å². The maximum atomic E-state index is 12.6. The van der Waals surface area contributed by atoms with Crippen LogP contribution < -0.4 is 4.74 Å². The Kier molecular flexibility index (Phi) is 4.39. The number of aliphatic hydroxyl groups is 1. The number of nitrogens with zero attached hydrogens (tertiary/aromatic N) is 3. The topological polar surface area (TPSA) is 67.6 Å². The highest BCUT2D eigenvalue weighted by Gasteiger charge is 2.22. The summed E-state index contributed by atoms with van der Waals surface area (Å²) in [6, 6.07) is 11.4. The van der Waals surface area contributed by atoms with Gasteiger partial charge in [-0.1, -0.05) is 30.3 Å². The summed E-state index contributed by atoms with van der Waals surface area (Å²) in [5.74, 6) is 0.446. The second kappa shape index (κ2) is 6.62. The summed E-state index contributed by atoms with van der Waals surface area (Å²) in [6.45, 7) is 2.06. The molecule has 0 spiro atoms. The largest absolute Gasteiger partial charge is 0.478 e. The molecule has 0 atom stereocenters. The average Bonchev–Trinajstić information content (AvgIpc) is 2.99. The van der Waals surface area contributed by atoms with Crippen molar-refractivity contribution in [1.82, 2.24) is 14.7 Å². The normalized spacial score (nSPS) is 13.3. The summed E-state index contributed by atoms with van der Waals surface area (Å²) in [5, 5.41) is 13.5. The summed E-state index contributed by atoms with van der Waals surface area (Å²) in [7, 11) is 0. The number of ether oxygens (including phenoxy) is 1. The van der Waals surface area contributed by atoms with Gasteiger partial charge in [0.05, 0.1) is 13.2 Å². The molecule has 0 aliphatic carbocycles. The third kappa shape index (κ3) is 3.12. The van der Waals surface area contributed by atoms with Crippen molar-refractivity contribution in [3.63, 3.8) is 0 Å². The third-order valence-corrected chi connectivity index (χ3v) is 3.60. The van der Waals surface area contributed by atoms with Crippen LogP contribution in [0.25, 0.3) is 0 Å². The Hall–Kier alpha value is -2.34. The average molecular weight is 301 g/mol. The van der Waals surface area contributed by atoms with Gasteiger partial charge >= 0.3 is 0 Å². The zero-order valence-corrected chi connectivity index (χ0v) is 12.3. The number of carbonyl (C=O) groups is 1. The van der Waals surface area contributed by atoms with Gasteiger partial charge in [0.2, 0.25) is 5.88 Å². The molecule has 1 aromatic carbocycles. The molecule has 0 bridgehead atoms. The number of amides is 1. The molecule has 2 aromatic rings. The molecule has 1 N–H and O–H groups in total. The van der Waals surface area contributed by atoms with Crippen LogP contribution in [0, 0.1) is 0 Å². The Bertz CT molecular complexity index is 616. The number of fused-ring (bicyclic) bond motifs is 1. The number of aromatic nitrogens is 2. The van der Waals surface area contributed by atoms with E-state index in [2.05, 4.69) is 5.10 Å². The molecule has 0 radical (unpaired) electrons. The van der Waals surface area contributed by atoms with Crippen molar-refractivity contribution in [1.29, 1.82) is 0 Å². The van der Waals surface area contributed by atoms with E-state index in [9.17, 15) is 9.90 Å². The van der Waals surface area contributed by atoms with E-state index < -0.39 is 0 Å². The van der Waals surface area contributed by atoms with Gasteiger partial charge in [0.15, 0.2) is 5.69 Å². The van der Waals surface area contributed by atoms with Crippen LogP contribution in [0.4, 0.5) is 0 Å². The van der Waals surface area contributed by atoms with Crippen LogP contribution in [0.3, 0.4) is 0 Å². The lowest BCUT2D eigenvalue weighted by Crippen LogP contribution is -2.33. The lowest BCUT2D eigenvalue weighted by Gasteiger charge is -2.20. The van der Waals surface area contributed by atoms with Gasteiger partial charge in [-0.05, 0) is 5.56 Å². The molecule has 0 saturated carbocycles. The van der Waals surface area contributed by atoms with Crippen molar-refractivity contribution < 1.29 is 14.6 Å². The van der Waals surface area contributed by atoms with Crippen molar-refractivity contribution in [2.75, 3.05) is 19.8 Å². The maximum Gasteiger partial charge on any atom is 0.274 e. The van der Waals surface area contributed by atoms with Gasteiger partial charge in [0.1, 0.15) is 0 Å². The lowest BCUT2D eigenvalue weighted by molar-refractivity contribution is 0.0701. The second-order valence-corrected chi connectivity index (χ2v) is 5.23. The lowest BCUT2D eigenvalue weighted by atomic mass is 10.2. The molecule has 22 heavy (non-hydrogen) atoms. The molecule has 2 heterocycles. The maximum absolute atomic E-state index is 12.6. The number of aryl methyl sites for hydroxylation is 1. The highest BCUT2D eigenvalue weighted by Crippen LogP contribution is 2.20. The number of rotatable bonds is 5. The molecule has 116 valence electrons. The van der Waals surface area contributed by atoms with E-state index in [0.29, 0.717) is 24.7 Å². The molecule has 6 nitrogen and oxygen atoms in total. The fourth-order valence-corrected chi connectivity index (χ4v) is 2.51. The van der Waals surface area contributed by atoms with Crippen LogP contribution in [-0.2, 0) is 13.1 Å². The number of hydrogen-bond acceptors (Lipinski definition) is 4. The van der Waals surface area contributed by atoms with Crippen molar-refractivity contribution in [2.45, 2.75) is 19.5 Å². The summed E-state index contributed by atoms with van der Waals surface area (Å²) in [4.78, 5) is 14.2. The first kappa shape index (κ1) is 14.6. The molecule has 6 heteroatoms. The Balaban J connectivity index is 1.78. The van der Waals surface area contributed by atoms with Crippen molar-refractivity contribution in [3.8, 4) is 5.88 Å². The Morgan fingerprint density at radius 3 is 2.91 bits per heavy atom. The molecule has 1 aliphatic heterocycles. The highest BCUT2D eigenvalue weighted by atomic mass is 16.5. The van der Waals surface area contributed by atoms with Gasteiger partial charge in [0.25, 0.3) is 5.91 Å². The Labute approximate surface area is 128 Å². The van der Waals surface area contributed by atoms with Crippen molar-refractivity contribution in [2.24, 2.45) is 0 Å². The van der Waals surface area contributed by atoms with E-state index in [1.54, 1.807) is 15.6 Å². The first-order valence-corrected chi connectivity index (χ1v) is 7.42. The Morgan fingerprint density at radius 2 is 2.18 bits per heavy atom. The standard InChI is InChI=1S/C16H19N3O3/c20-9-8-18(12-13-5-2-1-3-6-13)16(21)14-11-15-19(17-14)7-4-10-22-15/h1-3,5-6,11,20H,4,7-10,12H2. The fraction of sp³-hybridized carbons (Fsp3) is 0.375. The minimum absolute atomic E-state index is 0.0807. The van der Waals surface area contributed by atoms with Gasteiger partial charge in [-0.15, -0.1) is 0 Å². The predicted octanol–water partition coefficient (Wildman–Crippen LogP) is 1.30. The Morgan fingerprint density at radius 1 is 1.36 bits per heavy atom. The fourth-order valence-electron chi connectivity index (χ4n) is 2.51. The quantitative estimate of drug-likeness (QED) is 0.904. The summed E-state index contributed by atoms with van der Waals surface area (Å²) in [5.41, 5.74) is 1.38. The zero-order valence-electron chi connectivity index (χ0n) is 12.3. The van der Waals surface area contributed by atoms with E-state index >= 15 is 0 Å². The second-order valence-electron chi connectivity index (χ2n) is 5.23. The summed E-state index contributed by atoms with van der Waals surface area (Å²) < 4.78 is 7.21. The van der Waals surface area contributed by atoms with E-state index in [0.717, 1.165) is 18.5 Å². The molecule has 3 rings (SSSR count). The number of hydrogen-bond donors (Lipinski definition) is 1. The smallest absolute Gasteiger partial charge is 0.274 e. The summed E-state index contributed by atoms with van der Waals surface area (Å²) >= 11 is 0. The van der Waals surface area contributed by atoms with Gasteiger partial charge in [-0.25, -0.2) is 4.68 Å². The molecule has 1 amide bonds.